The van der Waals surface area contributed by atoms with Gasteiger partial charge in [0.15, 0.2) is 0 Å². The predicted octanol–water partition coefficient (Wildman–Crippen LogP) is 0.858. The number of nitrogens with zero attached hydrogens (tertiary/aromatic N) is 2. The summed E-state index contributed by atoms with van der Waals surface area (Å²) in [6.45, 7) is 5.36. The molecule has 1 atom stereocenters. The Balaban J connectivity index is 2.78. The van der Waals surface area contributed by atoms with E-state index in [4.69, 9.17) is 10.5 Å². The smallest absolute Gasteiger partial charge is 0.0659 e. The van der Waals surface area contributed by atoms with E-state index in [9.17, 15) is 0 Å². The molecule has 2 N–H and O–H groups in total. The monoisotopic (exact) mass is 183 g/mol. The van der Waals surface area contributed by atoms with Crippen LogP contribution < -0.4 is 5.73 Å². The number of hydrogen-bond acceptors (Lipinski definition) is 3. The normalized spacial score (nSPS) is 13.2. The summed E-state index contributed by atoms with van der Waals surface area (Å²) in [4.78, 5) is 0. The molecule has 0 spiro atoms. The highest BCUT2D eigenvalue weighted by molar-refractivity contribution is 5.11. The van der Waals surface area contributed by atoms with E-state index in [1.165, 1.54) is 0 Å². The minimum absolute atomic E-state index is 0.0260. The molecule has 4 nitrogen and oxygen atoms in total. The zero-order chi connectivity index (χ0) is 9.84. The second kappa shape index (κ2) is 4.39. The van der Waals surface area contributed by atoms with Crippen molar-refractivity contribution in [3.63, 3.8) is 0 Å². The fourth-order valence-electron chi connectivity index (χ4n) is 1.29. The van der Waals surface area contributed by atoms with E-state index in [2.05, 4.69) is 5.10 Å². The van der Waals surface area contributed by atoms with Gasteiger partial charge >= 0.3 is 0 Å². The maximum atomic E-state index is 5.80. The van der Waals surface area contributed by atoms with Crippen molar-refractivity contribution in [3.8, 4) is 0 Å². The molecule has 0 saturated carbocycles. The molecule has 0 saturated heterocycles. The number of aromatic nitrogens is 2. The zero-order valence-electron chi connectivity index (χ0n) is 8.45. The summed E-state index contributed by atoms with van der Waals surface area (Å²) >= 11 is 0. The van der Waals surface area contributed by atoms with Crippen LogP contribution in [0.15, 0.2) is 6.07 Å². The van der Waals surface area contributed by atoms with Crippen molar-refractivity contribution in [3.05, 3.63) is 17.5 Å². The van der Waals surface area contributed by atoms with Gasteiger partial charge in [0.2, 0.25) is 0 Å². The highest BCUT2D eigenvalue weighted by Gasteiger charge is 2.08. The number of rotatable bonds is 4. The van der Waals surface area contributed by atoms with E-state index in [0.717, 1.165) is 17.9 Å². The van der Waals surface area contributed by atoms with Crippen LogP contribution in [-0.4, -0.2) is 23.5 Å². The summed E-state index contributed by atoms with van der Waals surface area (Å²) in [6, 6.07) is 2.04. The Hall–Kier alpha value is -0.870. The van der Waals surface area contributed by atoms with Crippen molar-refractivity contribution < 1.29 is 4.74 Å². The molecule has 0 unspecified atom stereocenters. The molecule has 0 aliphatic rings. The molecule has 0 aromatic carbocycles. The molecule has 4 heteroatoms. The molecule has 0 aliphatic carbocycles. The van der Waals surface area contributed by atoms with Gasteiger partial charge in [-0.15, -0.1) is 0 Å². The van der Waals surface area contributed by atoms with Gasteiger partial charge in [-0.3, -0.25) is 4.68 Å². The van der Waals surface area contributed by atoms with Gasteiger partial charge in [0.1, 0.15) is 0 Å². The molecular weight excluding hydrogens is 166 g/mol. The molecule has 0 bridgehead atoms. The molecule has 0 amide bonds. The van der Waals surface area contributed by atoms with Gasteiger partial charge in [0.05, 0.1) is 24.5 Å². The molecule has 13 heavy (non-hydrogen) atoms. The Labute approximate surface area is 78.7 Å². The van der Waals surface area contributed by atoms with E-state index in [-0.39, 0.29) is 6.04 Å². The molecular formula is C9H17N3O. The van der Waals surface area contributed by atoms with E-state index >= 15 is 0 Å². The Morgan fingerprint density at radius 1 is 1.69 bits per heavy atom. The standard InChI is InChI=1S/C9H17N3O/c1-7-6-9(8(2)10)12(11-7)4-5-13-3/h6,8H,4-5,10H2,1-3H3/t8-/m1/s1. The van der Waals surface area contributed by atoms with Gasteiger partial charge in [0, 0.05) is 13.2 Å². The van der Waals surface area contributed by atoms with Crippen LogP contribution in [0.1, 0.15) is 24.4 Å². The van der Waals surface area contributed by atoms with Gasteiger partial charge in [-0.2, -0.15) is 5.10 Å². The van der Waals surface area contributed by atoms with E-state index in [0.29, 0.717) is 6.61 Å². The third-order valence-corrected chi connectivity index (χ3v) is 1.91. The maximum absolute atomic E-state index is 5.80. The van der Waals surface area contributed by atoms with E-state index in [1.807, 2.05) is 24.6 Å². The predicted molar refractivity (Wildman–Crippen MR) is 51.4 cm³/mol. The lowest BCUT2D eigenvalue weighted by atomic mass is 10.2. The summed E-state index contributed by atoms with van der Waals surface area (Å²) in [5, 5.41) is 4.33. The molecule has 1 rings (SSSR count). The average Bonchev–Trinajstić information content (AvgIpc) is 2.43. The number of aryl methyl sites for hydroxylation is 1. The first kappa shape index (κ1) is 10.2. The van der Waals surface area contributed by atoms with Crippen molar-refractivity contribution >= 4 is 0 Å². The van der Waals surface area contributed by atoms with Crippen LogP contribution in [0.5, 0.6) is 0 Å². The molecule has 0 aliphatic heterocycles. The van der Waals surface area contributed by atoms with Crippen LogP contribution in [0.2, 0.25) is 0 Å². The second-order valence-corrected chi connectivity index (χ2v) is 3.22. The first-order valence-electron chi connectivity index (χ1n) is 4.44. The van der Waals surface area contributed by atoms with Crippen LogP contribution >= 0.6 is 0 Å². The largest absolute Gasteiger partial charge is 0.383 e. The Bertz CT molecular complexity index is 268. The summed E-state index contributed by atoms with van der Waals surface area (Å²) < 4.78 is 6.89. The fraction of sp³-hybridized carbons (Fsp3) is 0.667. The van der Waals surface area contributed by atoms with E-state index in [1.54, 1.807) is 7.11 Å². The topological polar surface area (TPSA) is 53.1 Å². The van der Waals surface area contributed by atoms with Crippen molar-refractivity contribution in [2.24, 2.45) is 5.73 Å². The van der Waals surface area contributed by atoms with Crippen molar-refractivity contribution in [1.82, 2.24) is 9.78 Å². The summed E-state index contributed by atoms with van der Waals surface area (Å²) in [7, 11) is 1.68. The third kappa shape index (κ3) is 2.54. The lowest BCUT2D eigenvalue weighted by Crippen LogP contribution is -2.15. The number of methoxy groups -OCH3 is 1. The zero-order valence-corrected chi connectivity index (χ0v) is 8.45. The van der Waals surface area contributed by atoms with Crippen LogP contribution in [-0.2, 0) is 11.3 Å². The highest BCUT2D eigenvalue weighted by atomic mass is 16.5. The summed E-state index contributed by atoms with van der Waals surface area (Å²) in [6.07, 6.45) is 0. The minimum Gasteiger partial charge on any atom is -0.383 e. The number of nitrogens with two attached hydrogens (primary N) is 1. The van der Waals surface area contributed by atoms with Crippen molar-refractivity contribution in [2.45, 2.75) is 26.4 Å². The Morgan fingerprint density at radius 2 is 2.38 bits per heavy atom. The second-order valence-electron chi connectivity index (χ2n) is 3.22. The lowest BCUT2D eigenvalue weighted by Gasteiger charge is -2.08. The van der Waals surface area contributed by atoms with Crippen molar-refractivity contribution in [1.29, 1.82) is 0 Å². The SMILES string of the molecule is COCCn1nc(C)cc1[C@@H](C)N. The Kier molecular flexibility index (Phi) is 3.45. The molecule has 1 heterocycles. The first-order chi connectivity index (χ1) is 6.15. The first-order valence-corrected chi connectivity index (χ1v) is 4.44. The van der Waals surface area contributed by atoms with Gasteiger partial charge in [-0.05, 0) is 19.9 Å². The van der Waals surface area contributed by atoms with Gasteiger partial charge < -0.3 is 10.5 Å². The molecule has 0 radical (unpaired) electrons. The lowest BCUT2D eigenvalue weighted by molar-refractivity contribution is 0.182. The summed E-state index contributed by atoms with van der Waals surface area (Å²) in [5.41, 5.74) is 7.87. The van der Waals surface area contributed by atoms with Crippen molar-refractivity contribution in [2.75, 3.05) is 13.7 Å². The van der Waals surface area contributed by atoms with Gasteiger partial charge in [-0.25, -0.2) is 0 Å². The van der Waals surface area contributed by atoms with Crippen LogP contribution in [0.3, 0.4) is 0 Å². The van der Waals surface area contributed by atoms with Gasteiger partial charge in [0.25, 0.3) is 0 Å². The molecule has 1 aromatic heterocycles. The average molecular weight is 183 g/mol. The molecule has 1 aromatic rings. The number of ether oxygens (including phenoxy) is 1. The van der Waals surface area contributed by atoms with Crippen LogP contribution in [0, 0.1) is 6.92 Å². The molecule has 0 fully saturated rings. The molecule has 74 valence electrons. The van der Waals surface area contributed by atoms with Crippen LogP contribution in [0.25, 0.3) is 0 Å². The number of hydrogen-bond donors (Lipinski definition) is 1. The third-order valence-electron chi connectivity index (χ3n) is 1.91. The quantitative estimate of drug-likeness (QED) is 0.753. The van der Waals surface area contributed by atoms with Gasteiger partial charge in [-0.1, -0.05) is 0 Å². The fourth-order valence-corrected chi connectivity index (χ4v) is 1.29. The minimum atomic E-state index is 0.0260. The van der Waals surface area contributed by atoms with E-state index < -0.39 is 0 Å². The highest BCUT2D eigenvalue weighted by Crippen LogP contribution is 2.10. The Morgan fingerprint density at radius 3 is 2.92 bits per heavy atom. The maximum Gasteiger partial charge on any atom is 0.0659 e. The van der Waals surface area contributed by atoms with Crippen LogP contribution in [0.4, 0.5) is 0 Å². The summed E-state index contributed by atoms with van der Waals surface area (Å²) in [5.74, 6) is 0.